The van der Waals surface area contributed by atoms with Crippen LogP contribution < -0.4 is 5.32 Å². The molecule has 4 nitrogen and oxygen atoms in total. The van der Waals surface area contributed by atoms with Crippen LogP contribution in [0.5, 0.6) is 0 Å². The van der Waals surface area contributed by atoms with E-state index in [0.29, 0.717) is 0 Å². The normalized spacial score (nSPS) is 16.4. The third-order valence-corrected chi connectivity index (χ3v) is 3.76. The number of rotatable bonds is 6. The molecule has 1 N–H and O–H groups in total. The van der Waals surface area contributed by atoms with Crippen molar-refractivity contribution in [1.82, 2.24) is 15.5 Å². The Morgan fingerprint density at radius 1 is 1.41 bits per heavy atom. The van der Waals surface area contributed by atoms with E-state index in [2.05, 4.69) is 36.2 Å². The highest BCUT2D eigenvalue weighted by molar-refractivity contribution is 7.99. The summed E-state index contributed by atoms with van der Waals surface area (Å²) in [5.74, 6) is 2.39. The highest BCUT2D eigenvalue weighted by atomic mass is 32.2. The van der Waals surface area contributed by atoms with Crippen molar-refractivity contribution in [2.24, 2.45) is 0 Å². The van der Waals surface area contributed by atoms with Gasteiger partial charge in [0.15, 0.2) is 5.82 Å². The Kier molecular flexibility index (Phi) is 4.09. The molecule has 17 heavy (non-hydrogen) atoms. The van der Waals surface area contributed by atoms with Crippen molar-refractivity contribution in [3.63, 3.8) is 0 Å². The first-order valence-corrected chi connectivity index (χ1v) is 7.20. The lowest BCUT2D eigenvalue weighted by Crippen LogP contribution is -2.19. The number of aromatic nitrogens is 2. The van der Waals surface area contributed by atoms with Gasteiger partial charge in [-0.25, -0.2) is 0 Å². The van der Waals surface area contributed by atoms with Crippen LogP contribution in [0.1, 0.15) is 45.3 Å². The zero-order valence-electron chi connectivity index (χ0n) is 10.8. The maximum atomic E-state index is 5.22. The van der Waals surface area contributed by atoms with Gasteiger partial charge < -0.3 is 9.84 Å². The van der Waals surface area contributed by atoms with E-state index in [9.17, 15) is 0 Å². The average Bonchev–Trinajstić information content (AvgIpc) is 2.93. The zero-order valence-corrected chi connectivity index (χ0v) is 11.6. The van der Waals surface area contributed by atoms with Crippen molar-refractivity contribution in [3.05, 3.63) is 11.7 Å². The summed E-state index contributed by atoms with van der Waals surface area (Å²) in [4.78, 5) is 4.39. The first-order chi connectivity index (χ1) is 8.03. The predicted octanol–water partition coefficient (Wildman–Crippen LogP) is 2.40. The van der Waals surface area contributed by atoms with E-state index in [0.717, 1.165) is 36.5 Å². The molecule has 0 aliphatic heterocycles. The Labute approximate surface area is 107 Å². The molecule has 0 bridgehead atoms. The van der Waals surface area contributed by atoms with Crippen molar-refractivity contribution in [2.75, 3.05) is 6.54 Å². The number of nitrogens with one attached hydrogen (secondary N) is 1. The Bertz CT molecular complexity index is 355. The van der Waals surface area contributed by atoms with Crippen molar-refractivity contribution in [1.29, 1.82) is 0 Å². The minimum absolute atomic E-state index is 0.244. The second kappa shape index (κ2) is 5.40. The molecule has 2 rings (SSSR count). The molecule has 0 aromatic carbocycles. The van der Waals surface area contributed by atoms with Crippen molar-refractivity contribution >= 4 is 11.8 Å². The Morgan fingerprint density at radius 2 is 2.18 bits per heavy atom. The molecule has 5 heteroatoms. The maximum absolute atomic E-state index is 5.22. The summed E-state index contributed by atoms with van der Waals surface area (Å²) in [5.41, 5.74) is 0. The van der Waals surface area contributed by atoms with Gasteiger partial charge in [0.05, 0.1) is 5.75 Å². The fourth-order valence-corrected chi connectivity index (χ4v) is 2.08. The summed E-state index contributed by atoms with van der Waals surface area (Å²) in [5, 5.41) is 7.44. The quantitative estimate of drug-likeness (QED) is 0.846. The van der Waals surface area contributed by atoms with Gasteiger partial charge in [0.25, 0.3) is 0 Å². The van der Waals surface area contributed by atoms with E-state index >= 15 is 0 Å². The van der Waals surface area contributed by atoms with E-state index in [-0.39, 0.29) is 4.75 Å². The largest absolute Gasteiger partial charge is 0.339 e. The van der Waals surface area contributed by atoms with Gasteiger partial charge >= 0.3 is 0 Å². The maximum Gasteiger partial charge on any atom is 0.227 e. The fourth-order valence-electron chi connectivity index (χ4n) is 1.40. The van der Waals surface area contributed by atoms with Gasteiger partial charge in [-0.3, -0.25) is 0 Å². The minimum Gasteiger partial charge on any atom is -0.339 e. The predicted molar refractivity (Wildman–Crippen MR) is 70.1 cm³/mol. The third-order valence-electron chi connectivity index (χ3n) is 2.49. The summed E-state index contributed by atoms with van der Waals surface area (Å²) < 4.78 is 5.46. The number of hydrogen-bond acceptors (Lipinski definition) is 5. The highest BCUT2D eigenvalue weighted by Gasteiger charge is 2.20. The summed E-state index contributed by atoms with van der Waals surface area (Å²) in [6.07, 6.45) is 3.47. The van der Waals surface area contributed by atoms with Crippen LogP contribution in [0.4, 0.5) is 0 Å². The average molecular weight is 255 g/mol. The van der Waals surface area contributed by atoms with Crippen LogP contribution in [0.3, 0.4) is 0 Å². The Morgan fingerprint density at radius 3 is 2.82 bits per heavy atom. The van der Waals surface area contributed by atoms with Gasteiger partial charge in [-0.05, 0) is 12.8 Å². The van der Waals surface area contributed by atoms with Crippen LogP contribution in [0.15, 0.2) is 4.52 Å². The first-order valence-electron chi connectivity index (χ1n) is 6.22. The van der Waals surface area contributed by atoms with Gasteiger partial charge in [-0.15, -0.1) is 11.8 Å². The van der Waals surface area contributed by atoms with E-state index in [1.165, 1.54) is 12.8 Å². The SMILES string of the molecule is CC(C)(C)SCc1noc(CCNC2CC2)n1. The molecule has 1 aliphatic carbocycles. The van der Waals surface area contributed by atoms with Gasteiger partial charge in [0, 0.05) is 23.8 Å². The van der Waals surface area contributed by atoms with Crippen molar-refractivity contribution in [3.8, 4) is 0 Å². The molecule has 1 aromatic heterocycles. The molecular weight excluding hydrogens is 234 g/mol. The fraction of sp³-hybridized carbons (Fsp3) is 0.833. The summed E-state index contributed by atoms with van der Waals surface area (Å²) in [6, 6.07) is 0.744. The Hall–Kier alpha value is -0.550. The van der Waals surface area contributed by atoms with Gasteiger partial charge in [-0.1, -0.05) is 25.9 Å². The molecule has 0 spiro atoms. The lowest BCUT2D eigenvalue weighted by Gasteiger charge is -2.15. The minimum atomic E-state index is 0.244. The molecule has 0 radical (unpaired) electrons. The Balaban J connectivity index is 1.70. The zero-order chi connectivity index (χ0) is 12.3. The van der Waals surface area contributed by atoms with Crippen LogP contribution in [-0.4, -0.2) is 27.5 Å². The molecule has 0 atom stereocenters. The highest BCUT2D eigenvalue weighted by Crippen LogP contribution is 2.26. The van der Waals surface area contributed by atoms with Gasteiger partial charge in [0.2, 0.25) is 5.89 Å². The second-order valence-corrected chi connectivity index (χ2v) is 7.29. The topological polar surface area (TPSA) is 51.0 Å². The van der Waals surface area contributed by atoms with E-state index in [4.69, 9.17) is 4.52 Å². The first kappa shape index (κ1) is 12.9. The molecule has 1 fully saturated rings. The second-order valence-electron chi connectivity index (χ2n) is 5.48. The van der Waals surface area contributed by atoms with Crippen LogP contribution in [0.25, 0.3) is 0 Å². The number of nitrogens with zero attached hydrogens (tertiary/aromatic N) is 2. The van der Waals surface area contributed by atoms with Crippen LogP contribution in [-0.2, 0) is 12.2 Å². The summed E-state index contributed by atoms with van der Waals surface area (Å²) in [6.45, 7) is 7.52. The van der Waals surface area contributed by atoms with E-state index in [1.54, 1.807) is 0 Å². The van der Waals surface area contributed by atoms with Gasteiger partial charge in [0.1, 0.15) is 0 Å². The van der Waals surface area contributed by atoms with E-state index in [1.807, 2.05) is 11.8 Å². The smallest absolute Gasteiger partial charge is 0.227 e. The molecular formula is C12H21N3OS. The summed E-state index contributed by atoms with van der Waals surface area (Å²) >= 11 is 1.84. The standard InChI is InChI=1S/C12H21N3OS/c1-12(2,3)17-8-10-14-11(16-15-10)6-7-13-9-4-5-9/h9,13H,4-8H2,1-3H3. The monoisotopic (exact) mass is 255 g/mol. The number of thioether (sulfide) groups is 1. The van der Waals surface area contributed by atoms with Crippen molar-refractivity contribution < 1.29 is 4.52 Å². The van der Waals surface area contributed by atoms with E-state index < -0.39 is 0 Å². The molecule has 0 saturated heterocycles. The van der Waals surface area contributed by atoms with Crippen LogP contribution in [0, 0.1) is 0 Å². The summed E-state index contributed by atoms with van der Waals surface area (Å²) in [7, 11) is 0. The molecule has 1 aromatic rings. The lowest BCUT2D eigenvalue weighted by molar-refractivity contribution is 0.372. The number of hydrogen-bond donors (Lipinski definition) is 1. The van der Waals surface area contributed by atoms with Crippen molar-refractivity contribution in [2.45, 2.75) is 56.6 Å². The molecule has 0 amide bonds. The molecule has 1 heterocycles. The third kappa shape index (κ3) is 5.08. The molecule has 96 valence electrons. The van der Waals surface area contributed by atoms with Crippen LogP contribution >= 0.6 is 11.8 Å². The molecule has 1 saturated carbocycles. The molecule has 1 aliphatic rings. The van der Waals surface area contributed by atoms with Gasteiger partial charge in [-0.2, -0.15) is 4.98 Å². The molecule has 0 unspecified atom stereocenters. The lowest BCUT2D eigenvalue weighted by atomic mass is 10.3. The van der Waals surface area contributed by atoms with Crippen LogP contribution in [0.2, 0.25) is 0 Å².